The van der Waals surface area contributed by atoms with Crippen LogP contribution in [0.3, 0.4) is 0 Å². The Bertz CT molecular complexity index is 703. The van der Waals surface area contributed by atoms with Crippen molar-refractivity contribution in [2.45, 2.75) is 12.8 Å². The first-order valence-corrected chi connectivity index (χ1v) is 6.49. The van der Waals surface area contributed by atoms with Gasteiger partial charge in [-0.15, -0.1) is 0 Å². The summed E-state index contributed by atoms with van der Waals surface area (Å²) in [6, 6.07) is 0. The molecule has 3 N–H and O–H groups in total. The Morgan fingerprint density at radius 1 is 1.23 bits per heavy atom. The quantitative estimate of drug-likeness (QED) is 0.373. The predicted octanol–water partition coefficient (Wildman–Crippen LogP) is -0.470. The molecule has 22 heavy (non-hydrogen) atoms. The van der Waals surface area contributed by atoms with E-state index in [0.29, 0.717) is 30.0 Å². The Labute approximate surface area is 125 Å². The van der Waals surface area contributed by atoms with Crippen molar-refractivity contribution in [1.29, 1.82) is 0 Å². The lowest BCUT2D eigenvalue weighted by Gasteiger charge is -2.02. The van der Waals surface area contributed by atoms with Crippen LogP contribution in [-0.4, -0.2) is 43.5 Å². The number of hydroxylamine groups is 1. The topological polar surface area (TPSA) is 130 Å². The maximum absolute atomic E-state index is 11.5. The molecule has 0 saturated carbocycles. The summed E-state index contributed by atoms with van der Waals surface area (Å²) in [5.41, 5.74) is 2.59. The van der Waals surface area contributed by atoms with Gasteiger partial charge >= 0.3 is 0 Å². The van der Waals surface area contributed by atoms with E-state index in [0.717, 1.165) is 0 Å². The van der Waals surface area contributed by atoms with Gasteiger partial charge in [0.2, 0.25) is 11.8 Å². The Hall–Kier alpha value is -2.94. The second kappa shape index (κ2) is 7.74. The third-order valence-corrected chi connectivity index (χ3v) is 2.62. The average Bonchev–Trinajstić information content (AvgIpc) is 2.54. The van der Waals surface area contributed by atoms with Crippen LogP contribution in [0.4, 0.5) is 0 Å². The van der Waals surface area contributed by atoms with Crippen molar-refractivity contribution in [3.05, 3.63) is 36.6 Å². The Balaban J connectivity index is 1.79. The van der Waals surface area contributed by atoms with E-state index in [9.17, 15) is 9.59 Å². The Kier molecular flexibility index (Phi) is 5.44. The summed E-state index contributed by atoms with van der Waals surface area (Å²) in [7, 11) is 0. The van der Waals surface area contributed by atoms with E-state index in [4.69, 9.17) is 5.21 Å². The Morgan fingerprint density at radius 2 is 2.05 bits per heavy atom. The average molecular weight is 302 g/mol. The number of hydrogen-bond donors (Lipinski definition) is 3. The first-order chi connectivity index (χ1) is 10.7. The van der Waals surface area contributed by atoms with Crippen molar-refractivity contribution >= 4 is 23.0 Å². The summed E-state index contributed by atoms with van der Waals surface area (Å²) in [6.45, 7) is 0.348. The fourth-order valence-corrected chi connectivity index (χ4v) is 1.60. The number of hydrogen-bond acceptors (Lipinski definition) is 7. The molecule has 0 aromatic carbocycles. The van der Waals surface area contributed by atoms with E-state index >= 15 is 0 Å². The molecular formula is C13H14N6O3. The maximum Gasteiger partial charge on any atom is 0.247 e. The number of fused-ring (bicyclic) bond motifs is 1. The summed E-state index contributed by atoms with van der Waals surface area (Å²) < 4.78 is 0. The number of nitrogens with one attached hydrogen (secondary N) is 2. The molecule has 0 aliphatic carbocycles. The van der Waals surface area contributed by atoms with Crippen LogP contribution in [0.1, 0.15) is 12.2 Å². The van der Waals surface area contributed by atoms with E-state index in [-0.39, 0.29) is 12.3 Å². The molecule has 0 radical (unpaired) electrons. The SMILES string of the molecule is O=C(/C=C/CC(=O)NO)NCCc1ncc2nccnc2n1. The van der Waals surface area contributed by atoms with Gasteiger partial charge in [-0.3, -0.25) is 14.8 Å². The highest BCUT2D eigenvalue weighted by atomic mass is 16.5. The molecule has 0 aliphatic heterocycles. The van der Waals surface area contributed by atoms with Gasteiger partial charge in [-0.2, -0.15) is 0 Å². The van der Waals surface area contributed by atoms with Crippen molar-refractivity contribution in [1.82, 2.24) is 30.7 Å². The van der Waals surface area contributed by atoms with Gasteiger partial charge < -0.3 is 5.32 Å². The van der Waals surface area contributed by atoms with Crippen molar-refractivity contribution in [2.75, 3.05) is 6.54 Å². The van der Waals surface area contributed by atoms with Crippen LogP contribution in [0.5, 0.6) is 0 Å². The summed E-state index contributed by atoms with van der Waals surface area (Å²) in [5, 5.41) is 10.9. The summed E-state index contributed by atoms with van der Waals surface area (Å²) in [5.74, 6) is -0.377. The van der Waals surface area contributed by atoms with Crippen molar-refractivity contribution in [2.24, 2.45) is 0 Å². The van der Waals surface area contributed by atoms with Crippen LogP contribution >= 0.6 is 0 Å². The minimum atomic E-state index is -0.588. The molecule has 0 fully saturated rings. The second-order valence-corrected chi connectivity index (χ2v) is 4.23. The smallest absolute Gasteiger partial charge is 0.247 e. The normalized spacial score (nSPS) is 10.8. The molecule has 0 bridgehead atoms. The molecule has 9 nitrogen and oxygen atoms in total. The maximum atomic E-state index is 11.5. The third-order valence-electron chi connectivity index (χ3n) is 2.62. The predicted molar refractivity (Wildman–Crippen MR) is 75.5 cm³/mol. The molecule has 9 heteroatoms. The molecule has 2 aromatic rings. The monoisotopic (exact) mass is 302 g/mol. The lowest BCUT2D eigenvalue weighted by Crippen LogP contribution is -2.24. The Morgan fingerprint density at radius 3 is 2.86 bits per heavy atom. The number of rotatable bonds is 6. The van der Waals surface area contributed by atoms with Crippen molar-refractivity contribution < 1.29 is 14.8 Å². The molecule has 0 aliphatic rings. The summed E-state index contributed by atoms with van der Waals surface area (Å²) in [4.78, 5) is 38.7. The van der Waals surface area contributed by atoms with E-state index < -0.39 is 5.91 Å². The van der Waals surface area contributed by atoms with Gasteiger partial charge in [-0.1, -0.05) is 6.08 Å². The lowest BCUT2D eigenvalue weighted by atomic mass is 10.3. The minimum absolute atomic E-state index is 0.0730. The number of amides is 2. The zero-order chi connectivity index (χ0) is 15.8. The van der Waals surface area contributed by atoms with Crippen LogP contribution in [0.15, 0.2) is 30.7 Å². The van der Waals surface area contributed by atoms with Gasteiger partial charge in [-0.05, 0) is 6.08 Å². The number of nitrogens with zero attached hydrogens (tertiary/aromatic N) is 4. The first-order valence-electron chi connectivity index (χ1n) is 6.49. The standard InChI is InChI=1S/C13H14N6O3/c20-11(2-1-3-12(21)19-22)15-5-4-10-17-8-9-13(18-10)16-7-6-14-9/h1-2,6-8,22H,3-5H2,(H,15,20)(H,19,21)/b2-1+. The lowest BCUT2D eigenvalue weighted by molar-refractivity contribution is -0.128. The molecule has 2 amide bonds. The van der Waals surface area contributed by atoms with Crippen LogP contribution in [0.2, 0.25) is 0 Å². The molecule has 2 heterocycles. The summed E-state index contributed by atoms with van der Waals surface area (Å²) >= 11 is 0. The van der Waals surface area contributed by atoms with Crippen LogP contribution < -0.4 is 10.8 Å². The summed E-state index contributed by atoms with van der Waals surface area (Å²) in [6.07, 6.45) is 7.65. The fraction of sp³-hybridized carbons (Fsp3) is 0.231. The van der Waals surface area contributed by atoms with E-state index in [1.165, 1.54) is 17.6 Å². The van der Waals surface area contributed by atoms with Crippen LogP contribution in [0.25, 0.3) is 11.2 Å². The molecule has 0 spiro atoms. The van der Waals surface area contributed by atoms with Gasteiger partial charge in [0, 0.05) is 31.8 Å². The zero-order valence-corrected chi connectivity index (χ0v) is 11.6. The van der Waals surface area contributed by atoms with E-state index in [1.54, 1.807) is 18.6 Å². The van der Waals surface area contributed by atoms with E-state index in [2.05, 4.69) is 25.3 Å². The van der Waals surface area contributed by atoms with Gasteiger partial charge in [0.15, 0.2) is 5.65 Å². The highest BCUT2D eigenvalue weighted by Crippen LogP contribution is 2.03. The van der Waals surface area contributed by atoms with Crippen LogP contribution in [-0.2, 0) is 16.0 Å². The highest BCUT2D eigenvalue weighted by molar-refractivity contribution is 5.88. The molecule has 114 valence electrons. The molecular weight excluding hydrogens is 288 g/mol. The number of carbonyl (C=O) groups excluding carboxylic acids is 2. The van der Waals surface area contributed by atoms with Gasteiger partial charge in [0.25, 0.3) is 0 Å². The largest absolute Gasteiger partial charge is 0.352 e. The van der Waals surface area contributed by atoms with Gasteiger partial charge in [0.1, 0.15) is 11.3 Å². The molecule has 0 unspecified atom stereocenters. The van der Waals surface area contributed by atoms with Crippen LogP contribution in [0, 0.1) is 0 Å². The molecule has 0 saturated heterocycles. The molecule has 2 aromatic heterocycles. The fourth-order valence-electron chi connectivity index (χ4n) is 1.60. The van der Waals surface area contributed by atoms with Gasteiger partial charge in [0.05, 0.1) is 6.20 Å². The third kappa shape index (κ3) is 4.56. The van der Waals surface area contributed by atoms with Crippen molar-refractivity contribution in [3.8, 4) is 0 Å². The van der Waals surface area contributed by atoms with E-state index in [1.807, 2.05) is 0 Å². The number of aromatic nitrogens is 4. The second-order valence-electron chi connectivity index (χ2n) is 4.23. The van der Waals surface area contributed by atoms with Gasteiger partial charge in [-0.25, -0.2) is 25.4 Å². The first kappa shape index (κ1) is 15.4. The minimum Gasteiger partial charge on any atom is -0.352 e. The zero-order valence-electron chi connectivity index (χ0n) is 11.6. The molecule has 0 atom stereocenters. The highest BCUT2D eigenvalue weighted by Gasteiger charge is 2.02. The number of carbonyl (C=O) groups is 2. The van der Waals surface area contributed by atoms with Crippen molar-refractivity contribution in [3.63, 3.8) is 0 Å². The molecule has 2 rings (SSSR count).